The minimum atomic E-state index is -0.645. The van der Waals surface area contributed by atoms with Gasteiger partial charge in [-0.2, -0.15) is 0 Å². The van der Waals surface area contributed by atoms with E-state index in [1.54, 1.807) is 31.2 Å². The first kappa shape index (κ1) is 15.3. The number of carbonyl (C=O) groups excluding carboxylic acids is 1. The van der Waals surface area contributed by atoms with Crippen LogP contribution in [0.1, 0.15) is 17.5 Å². The standard InChI is InChI=1S/C18H13ClO4/c1-2-22-18(21)17-10-15(20)14-9-12(5-8-16(14)23-17)11-3-6-13(19)7-4-11/h3-10H,2H2,1H3. The summed E-state index contributed by atoms with van der Waals surface area (Å²) in [7, 11) is 0. The zero-order chi connectivity index (χ0) is 16.4. The first-order valence-corrected chi connectivity index (χ1v) is 7.47. The van der Waals surface area contributed by atoms with Gasteiger partial charge in [-0.15, -0.1) is 0 Å². The predicted molar refractivity (Wildman–Crippen MR) is 88.9 cm³/mol. The van der Waals surface area contributed by atoms with E-state index in [0.717, 1.165) is 17.2 Å². The zero-order valence-electron chi connectivity index (χ0n) is 12.3. The van der Waals surface area contributed by atoms with Crippen molar-refractivity contribution in [2.75, 3.05) is 6.61 Å². The van der Waals surface area contributed by atoms with Crippen LogP contribution in [0.5, 0.6) is 0 Å². The Hall–Kier alpha value is -2.59. The Morgan fingerprint density at radius 1 is 1.09 bits per heavy atom. The maximum absolute atomic E-state index is 12.3. The Kier molecular flexibility index (Phi) is 4.17. The highest BCUT2D eigenvalue weighted by atomic mass is 35.5. The molecule has 0 saturated carbocycles. The molecule has 0 bridgehead atoms. The lowest BCUT2D eigenvalue weighted by Crippen LogP contribution is -2.10. The van der Waals surface area contributed by atoms with E-state index in [2.05, 4.69) is 0 Å². The molecule has 0 N–H and O–H groups in total. The van der Waals surface area contributed by atoms with Crippen LogP contribution in [0.25, 0.3) is 22.1 Å². The van der Waals surface area contributed by atoms with Gasteiger partial charge >= 0.3 is 5.97 Å². The molecule has 0 spiro atoms. The van der Waals surface area contributed by atoms with Gasteiger partial charge in [0.05, 0.1) is 12.0 Å². The molecule has 3 rings (SSSR count). The molecule has 0 atom stereocenters. The van der Waals surface area contributed by atoms with Crippen LogP contribution < -0.4 is 5.43 Å². The monoisotopic (exact) mass is 328 g/mol. The fourth-order valence-corrected chi connectivity index (χ4v) is 2.41. The molecule has 4 nitrogen and oxygen atoms in total. The summed E-state index contributed by atoms with van der Waals surface area (Å²) in [6, 6.07) is 13.7. The molecule has 1 aromatic heterocycles. The van der Waals surface area contributed by atoms with Crippen molar-refractivity contribution in [3.63, 3.8) is 0 Å². The Labute approximate surface area is 137 Å². The van der Waals surface area contributed by atoms with E-state index in [4.69, 9.17) is 20.8 Å². The summed E-state index contributed by atoms with van der Waals surface area (Å²) in [5, 5.41) is 1.05. The van der Waals surface area contributed by atoms with E-state index in [-0.39, 0.29) is 17.8 Å². The third-order valence-corrected chi connectivity index (χ3v) is 3.63. The summed E-state index contributed by atoms with van der Waals surface area (Å²) in [6.07, 6.45) is 0. The van der Waals surface area contributed by atoms with Gasteiger partial charge in [-0.1, -0.05) is 29.8 Å². The summed E-state index contributed by atoms with van der Waals surface area (Å²) >= 11 is 5.88. The van der Waals surface area contributed by atoms with Gasteiger partial charge < -0.3 is 9.15 Å². The second kappa shape index (κ2) is 6.26. The van der Waals surface area contributed by atoms with Crippen LogP contribution in [-0.4, -0.2) is 12.6 Å². The van der Waals surface area contributed by atoms with Crippen molar-refractivity contribution in [2.45, 2.75) is 6.92 Å². The Morgan fingerprint density at radius 3 is 2.48 bits per heavy atom. The van der Waals surface area contributed by atoms with Crippen LogP contribution >= 0.6 is 11.6 Å². The highest BCUT2D eigenvalue weighted by molar-refractivity contribution is 6.30. The third kappa shape index (κ3) is 3.12. The number of esters is 1. The topological polar surface area (TPSA) is 56.5 Å². The van der Waals surface area contributed by atoms with E-state index in [0.29, 0.717) is 16.0 Å². The largest absolute Gasteiger partial charge is 0.460 e. The Morgan fingerprint density at radius 2 is 1.78 bits per heavy atom. The summed E-state index contributed by atoms with van der Waals surface area (Å²) < 4.78 is 10.3. The molecular formula is C18H13ClO4. The van der Waals surface area contributed by atoms with Crippen molar-refractivity contribution in [1.29, 1.82) is 0 Å². The number of carbonyl (C=O) groups is 1. The van der Waals surface area contributed by atoms with Gasteiger partial charge in [-0.3, -0.25) is 4.79 Å². The van der Waals surface area contributed by atoms with Crippen molar-refractivity contribution in [3.05, 3.63) is 69.5 Å². The van der Waals surface area contributed by atoms with Crippen LogP contribution in [0.4, 0.5) is 0 Å². The van der Waals surface area contributed by atoms with Crippen LogP contribution in [0.2, 0.25) is 5.02 Å². The molecule has 0 unspecified atom stereocenters. The number of hydrogen-bond acceptors (Lipinski definition) is 4. The Balaban J connectivity index is 2.09. The smallest absolute Gasteiger partial charge is 0.374 e. The van der Waals surface area contributed by atoms with Crippen LogP contribution in [-0.2, 0) is 4.74 Å². The lowest BCUT2D eigenvalue weighted by Gasteiger charge is -2.05. The first-order chi connectivity index (χ1) is 11.1. The minimum absolute atomic E-state index is 0.0939. The summed E-state index contributed by atoms with van der Waals surface area (Å²) in [4.78, 5) is 24.0. The molecule has 3 aromatic rings. The number of halogens is 1. The predicted octanol–water partition coefficient (Wildman–Crippen LogP) is 4.29. The summed E-state index contributed by atoms with van der Waals surface area (Å²) in [5.74, 6) is -0.739. The molecule has 0 radical (unpaired) electrons. The van der Waals surface area contributed by atoms with Gasteiger partial charge in [-0.25, -0.2) is 4.79 Å². The zero-order valence-corrected chi connectivity index (χ0v) is 13.1. The Bertz CT molecular complexity index is 926. The van der Waals surface area contributed by atoms with E-state index >= 15 is 0 Å². The van der Waals surface area contributed by atoms with Crippen molar-refractivity contribution in [3.8, 4) is 11.1 Å². The highest BCUT2D eigenvalue weighted by Gasteiger charge is 2.13. The summed E-state index contributed by atoms with van der Waals surface area (Å²) in [6.45, 7) is 1.91. The van der Waals surface area contributed by atoms with Crippen molar-refractivity contribution >= 4 is 28.5 Å². The average molecular weight is 329 g/mol. The van der Waals surface area contributed by atoms with E-state index in [9.17, 15) is 9.59 Å². The van der Waals surface area contributed by atoms with Gasteiger partial charge in [0.25, 0.3) is 0 Å². The molecule has 1 heterocycles. The number of rotatable bonds is 3. The number of hydrogen-bond donors (Lipinski definition) is 0. The van der Waals surface area contributed by atoms with Crippen molar-refractivity contribution in [1.82, 2.24) is 0 Å². The summed E-state index contributed by atoms with van der Waals surface area (Å²) in [5.41, 5.74) is 1.86. The lowest BCUT2D eigenvalue weighted by atomic mass is 10.0. The molecule has 2 aromatic carbocycles. The van der Waals surface area contributed by atoms with Gasteiger partial charge in [0, 0.05) is 11.1 Å². The normalized spacial score (nSPS) is 10.7. The second-order valence-electron chi connectivity index (χ2n) is 4.91. The third-order valence-electron chi connectivity index (χ3n) is 3.38. The molecule has 5 heteroatoms. The van der Waals surface area contributed by atoms with Crippen LogP contribution in [0.15, 0.2) is 57.7 Å². The molecule has 23 heavy (non-hydrogen) atoms. The fourth-order valence-electron chi connectivity index (χ4n) is 2.28. The number of benzene rings is 2. The van der Waals surface area contributed by atoms with E-state index in [1.165, 1.54) is 0 Å². The lowest BCUT2D eigenvalue weighted by molar-refractivity contribution is 0.0490. The molecule has 0 fully saturated rings. The SMILES string of the molecule is CCOC(=O)c1cc(=O)c2cc(-c3ccc(Cl)cc3)ccc2o1. The van der Waals surface area contributed by atoms with Crippen molar-refractivity contribution < 1.29 is 13.9 Å². The molecule has 0 aliphatic rings. The quantitative estimate of drug-likeness (QED) is 0.673. The molecule has 0 aliphatic heterocycles. The van der Waals surface area contributed by atoms with Gasteiger partial charge in [0.1, 0.15) is 5.58 Å². The minimum Gasteiger partial charge on any atom is -0.460 e. The number of ether oxygens (including phenoxy) is 1. The number of fused-ring (bicyclic) bond motifs is 1. The van der Waals surface area contributed by atoms with Crippen molar-refractivity contribution in [2.24, 2.45) is 0 Å². The fraction of sp³-hybridized carbons (Fsp3) is 0.111. The highest BCUT2D eigenvalue weighted by Crippen LogP contribution is 2.25. The van der Waals surface area contributed by atoms with Gasteiger partial charge in [-0.05, 0) is 42.3 Å². The van der Waals surface area contributed by atoms with Crippen LogP contribution in [0.3, 0.4) is 0 Å². The second-order valence-corrected chi connectivity index (χ2v) is 5.35. The van der Waals surface area contributed by atoms with E-state index < -0.39 is 5.97 Å². The molecule has 0 aliphatic carbocycles. The van der Waals surface area contributed by atoms with Gasteiger partial charge in [0.15, 0.2) is 5.43 Å². The van der Waals surface area contributed by atoms with Gasteiger partial charge in [0.2, 0.25) is 5.76 Å². The maximum atomic E-state index is 12.3. The molecule has 116 valence electrons. The molecule has 0 amide bonds. The molecular weight excluding hydrogens is 316 g/mol. The first-order valence-electron chi connectivity index (χ1n) is 7.09. The van der Waals surface area contributed by atoms with Crippen LogP contribution in [0, 0.1) is 0 Å². The maximum Gasteiger partial charge on any atom is 0.374 e. The van der Waals surface area contributed by atoms with E-state index in [1.807, 2.05) is 18.2 Å². The molecule has 0 saturated heterocycles. The average Bonchev–Trinajstić information content (AvgIpc) is 2.55.